The van der Waals surface area contributed by atoms with Crippen LogP contribution >= 0.6 is 11.6 Å². The minimum Gasteiger partial charge on any atom is -0.491 e. The van der Waals surface area contributed by atoms with Crippen LogP contribution in [0.3, 0.4) is 0 Å². The monoisotopic (exact) mass is 286 g/mol. The molecule has 1 fully saturated rings. The molecule has 0 aliphatic heterocycles. The Kier molecular flexibility index (Phi) is 4.64. The van der Waals surface area contributed by atoms with Gasteiger partial charge in [-0.25, -0.2) is 4.39 Å². The zero-order valence-electron chi connectivity index (χ0n) is 10.5. The number of aryl methyl sites for hydroxylation is 1. The largest absolute Gasteiger partial charge is 0.491 e. The van der Waals surface area contributed by atoms with Crippen LogP contribution in [-0.4, -0.2) is 17.7 Å². The maximum atomic E-state index is 13.3. The quantitative estimate of drug-likeness (QED) is 0.832. The highest BCUT2D eigenvalue weighted by Crippen LogP contribution is 2.35. The Hall–Kier alpha value is -1.29. The van der Waals surface area contributed by atoms with E-state index < -0.39 is 11.8 Å². The molecule has 0 unspecified atom stereocenters. The van der Waals surface area contributed by atoms with E-state index in [1.165, 1.54) is 12.1 Å². The maximum Gasteiger partial charge on any atom is 0.303 e. The Bertz CT molecular complexity index is 472. The van der Waals surface area contributed by atoms with Crippen LogP contribution in [0.4, 0.5) is 4.39 Å². The lowest BCUT2D eigenvalue weighted by molar-refractivity contribution is -0.137. The highest BCUT2D eigenvalue weighted by molar-refractivity contribution is 6.32. The average molecular weight is 287 g/mol. The molecule has 0 saturated heterocycles. The van der Waals surface area contributed by atoms with Crippen molar-refractivity contribution in [3.05, 3.63) is 28.5 Å². The Morgan fingerprint density at radius 1 is 1.47 bits per heavy atom. The minimum absolute atomic E-state index is 0.0518. The molecule has 0 bridgehead atoms. The van der Waals surface area contributed by atoms with Gasteiger partial charge in [-0.1, -0.05) is 11.6 Å². The molecule has 3 nitrogen and oxygen atoms in total. The van der Waals surface area contributed by atoms with Crippen LogP contribution in [0.25, 0.3) is 0 Å². The molecule has 0 spiro atoms. The smallest absolute Gasteiger partial charge is 0.303 e. The van der Waals surface area contributed by atoms with Crippen molar-refractivity contribution in [2.45, 2.75) is 32.1 Å². The van der Waals surface area contributed by atoms with Gasteiger partial charge in [0.2, 0.25) is 0 Å². The van der Waals surface area contributed by atoms with Gasteiger partial charge in [0, 0.05) is 6.42 Å². The van der Waals surface area contributed by atoms with Crippen LogP contribution in [0.15, 0.2) is 12.1 Å². The number of halogens is 2. The van der Waals surface area contributed by atoms with Gasteiger partial charge >= 0.3 is 5.97 Å². The topological polar surface area (TPSA) is 46.5 Å². The van der Waals surface area contributed by atoms with Gasteiger partial charge in [-0.05, 0) is 49.3 Å². The van der Waals surface area contributed by atoms with Gasteiger partial charge in [-0.2, -0.15) is 0 Å². The van der Waals surface area contributed by atoms with Crippen LogP contribution in [-0.2, 0) is 11.2 Å². The SMILES string of the molecule is O=C(O)CCCc1cc(F)cc(Cl)c1OCC1CC1. The molecular weight excluding hydrogens is 271 g/mol. The number of carboxylic acid groups (broad SMARTS) is 1. The lowest BCUT2D eigenvalue weighted by Gasteiger charge is -2.13. The highest BCUT2D eigenvalue weighted by Gasteiger charge is 2.23. The summed E-state index contributed by atoms with van der Waals surface area (Å²) in [6.45, 7) is 0.595. The molecule has 0 heterocycles. The predicted octanol–water partition coefficient (Wildman–Crippen LogP) is 3.68. The summed E-state index contributed by atoms with van der Waals surface area (Å²) in [4.78, 5) is 10.5. The molecule has 0 radical (unpaired) electrons. The van der Waals surface area contributed by atoms with E-state index in [4.69, 9.17) is 21.4 Å². The van der Waals surface area contributed by atoms with Crippen LogP contribution in [0.5, 0.6) is 5.75 Å². The Balaban J connectivity index is 2.05. The number of carboxylic acids is 1. The van der Waals surface area contributed by atoms with Crippen molar-refractivity contribution in [1.82, 2.24) is 0 Å². The first-order valence-corrected chi connectivity index (χ1v) is 6.76. The van der Waals surface area contributed by atoms with Gasteiger partial charge in [0.15, 0.2) is 0 Å². The van der Waals surface area contributed by atoms with Crippen molar-refractivity contribution in [2.24, 2.45) is 5.92 Å². The minimum atomic E-state index is -0.858. The number of aliphatic carboxylic acids is 1. The van der Waals surface area contributed by atoms with E-state index in [-0.39, 0.29) is 11.4 Å². The molecule has 0 aromatic heterocycles. The van der Waals surface area contributed by atoms with Crippen molar-refractivity contribution < 1.29 is 19.0 Å². The van der Waals surface area contributed by atoms with Crippen molar-refractivity contribution >= 4 is 17.6 Å². The standard InChI is InChI=1S/C14H16ClFO3/c15-12-7-11(16)6-10(2-1-3-13(17)18)14(12)19-8-9-4-5-9/h6-7,9H,1-5,8H2,(H,17,18). The second-order valence-corrected chi connectivity index (χ2v) is 5.28. The highest BCUT2D eigenvalue weighted by atomic mass is 35.5. The third-order valence-electron chi connectivity index (χ3n) is 3.08. The Labute approximate surface area is 116 Å². The summed E-state index contributed by atoms with van der Waals surface area (Å²) in [5, 5.41) is 8.88. The maximum absolute atomic E-state index is 13.3. The molecule has 0 atom stereocenters. The first kappa shape index (κ1) is 14.1. The number of hydrogen-bond acceptors (Lipinski definition) is 2. The molecule has 1 aliphatic rings. The number of hydrogen-bond donors (Lipinski definition) is 1. The summed E-state index contributed by atoms with van der Waals surface area (Å²) >= 11 is 6.00. The Morgan fingerprint density at radius 3 is 2.84 bits per heavy atom. The number of rotatable bonds is 7. The molecule has 1 N–H and O–H groups in total. The normalized spacial score (nSPS) is 14.4. The lowest BCUT2D eigenvalue weighted by Crippen LogP contribution is -2.04. The third-order valence-corrected chi connectivity index (χ3v) is 3.36. The summed E-state index contributed by atoms with van der Waals surface area (Å²) in [7, 11) is 0. The van der Waals surface area contributed by atoms with E-state index in [1.807, 2.05) is 0 Å². The summed E-state index contributed by atoms with van der Waals surface area (Å²) in [5.74, 6) is -0.203. The van der Waals surface area contributed by atoms with Gasteiger partial charge in [-0.15, -0.1) is 0 Å². The molecular formula is C14H16ClFO3. The molecule has 1 aromatic rings. The van der Waals surface area contributed by atoms with Gasteiger partial charge in [0.25, 0.3) is 0 Å². The van der Waals surface area contributed by atoms with Crippen LogP contribution in [0.2, 0.25) is 5.02 Å². The zero-order valence-corrected chi connectivity index (χ0v) is 11.3. The molecule has 104 valence electrons. The number of benzene rings is 1. The zero-order chi connectivity index (χ0) is 13.8. The molecule has 0 amide bonds. The fraction of sp³-hybridized carbons (Fsp3) is 0.500. The second-order valence-electron chi connectivity index (χ2n) is 4.88. The first-order valence-electron chi connectivity index (χ1n) is 6.39. The fourth-order valence-electron chi connectivity index (χ4n) is 1.88. The molecule has 19 heavy (non-hydrogen) atoms. The van der Waals surface area contributed by atoms with Crippen molar-refractivity contribution in [1.29, 1.82) is 0 Å². The molecule has 1 aliphatic carbocycles. The van der Waals surface area contributed by atoms with Crippen LogP contribution < -0.4 is 4.74 Å². The first-order chi connectivity index (χ1) is 9.06. The van der Waals surface area contributed by atoms with E-state index in [2.05, 4.69) is 0 Å². The second kappa shape index (κ2) is 6.24. The summed E-state index contributed by atoms with van der Waals surface area (Å²) < 4.78 is 19.0. The fourth-order valence-corrected chi connectivity index (χ4v) is 2.16. The summed E-state index contributed by atoms with van der Waals surface area (Å²) in [6.07, 6.45) is 3.26. The average Bonchev–Trinajstić information content (AvgIpc) is 3.11. The molecule has 1 saturated carbocycles. The summed E-state index contributed by atoms with van der Waals surface area (Å²) in [5.41, 5.74) is 0.645. The molecule has 1 aromatic carbocycles. The predicted molar refractivity (Wildman–Crippen MR) is 70.2 cm³/mol. The van der Waals surface area contributed by atoms with Gasteiger partial charge in [-0.3, -0.25) is 4.79 Å². The van der Waals surface area contributed by atoms with E-state index in [0.29, 0.717) is 36.7 Å². The van der Waals surface area contributed by atoms with Crippen LogP contribution in [0, 0.1) is 11.7 Å². The molecule has 2 rings (SSSR count). The summed E-state index contributed by atoms with van der Waals surface area (Å²) in [6, 6.07) is 2.60. The van der Waals surface area contributed by atoms with Crippen LogP contribution in [0.1, 0.15) is 31.2 Å². The third kappa shape index (κ3) is 4.39. The van der Waals surface area contributed by atoms with Gasteiger partial charge in [0.1, 0.15) is 11.6 Å². The van der Waals surface area contributed by atoms with E-state index in [9.17, 15) is 9.18 Å². The number of ether oxygens (including phenoxy) is 1. The lowest BCUT2D eigenvalue weighted by atomic mass is 10.1. The van der Waals surface area contributed by atoms with Crippen molar-refractivity contribution in [3.8, 4) is 5.75 Å². The van der Waals surface area contributed by atoms with E-state index in [0.717, 1.165) is 12.8 Å². The Morgan fingerprint density at radius 2 is 2.21 bits per heavy atom. The number of carbonyl (C=O) groups is 1. The van der Waals surface area contributed by atoms with E-state index >= 15 is 0 Å². The van der Waals surface area contributed by atoms with Gasteiger partial charge < -0.3 is 9.84 Å². The van der Waals surface area contributed by atoms with Crippen molar-refractivity contribution in [2.75, 3.05) is 6.61 Å². The van der Waals surface area contributed by atoms with Crippen molar-refractivity contribution in [3.63, 3.8) is 0 Å². The van der Waals surface area contributed by atoms with E-state index in [1.54, 1.807) is 0 Å². The molecule has 5 heteroatoms. The van der Waals surface area contributed by atoms with Gasteiger partial charge in [0.05, 0.1) is 11.6 Å².